The van der Waals surface area contributed by atoms with Gasteiger partial charge in [0.25, 0.3) is 0 Å². The van der Waals surface area contributed by atoms with Gasteiger partial charge in [-0.2, -0.15) is 0 Å². The number of nitrogens with zero attached hydrogens (tertiary/aromatic N) is 5. The largest absolute Gasteiger partial charge is 0.383 e. The van der Waals surface area contributed by atoms with Crippen LogP contribution < -0.4 is 10.2 Å². The maximum absolute atomic E-state index is 5.16. The molecule has 0 unspecified atom stereocenters. The van der Waals surface area contributed by atoms with Gasteiger partial charge in [-0.25, -0.2) is 15.0 Å². The molecular formula is C21H31N7O. The Labute approximate surface area is 172 Å². The molecule has 2 aromatic heterocycles. The number of aromatic amines is 1. The van der Waals surface area contributed by atoms with Crippen LogP contribution in [0.1, 0.15) is 19.7 Å². The van der Waals surface area contributed by atoms with Gasteiger partial charge in [0.05, 0.1) is 24.2 Å². The van der Waals surface area contributed by atoms with Crippen molar-refractivity contribution in [2.24, 2.45) is 0 Å². The second kappa shape index (κ2) is 10.7. The summed E-state index contributed by atoms with van der Waals surface area (Å²) in [5, 5.41) is 3.34. The second-order valence-electron chi connectivity index (χ2n) is 6.64. The van der Waals surface area contributed by atoms with Gasteiger partial charge in [0.2, 0.25) is 0 Å². The fraction of sp³-hybridized carbons (Fsp3) is 0.476. The number of anilines is 2. The zero-order valence-electron chi connectivity index (χ0n) is 17.6. The first-order valence-electron chi connectivity index (χ1n) is 10.3. The van der Waals surface area contributed by atoms with Crippen LogP contribution in [0.2, 0.25) is 0 Å². The van der Waals surface area contributed by atoms with Crippen molar-refractivity contribution >= 4 is 22.7 Å². The molecule has 3 heterocycles. The molecule has 0 amide bonds. The van der Waals surface area contributed by atoms with Gasteiger partial charge in [0, 0.05) is 45.9 Å². The fourth-order valence-corrected chi connectivity index (χ4v) is 3.30. The molecule has 1 fully saturated rings. The topological polar surface area (TPSA) is 82.2 Å². The standard InChI is InChI=1S/C19H25N7O.C2H6/c1-27-11-10-25-6-8-26(9-7-25)19-12-17(21-14-22-19)20-13-18-23-15-4-2-3-5-16(15)24-18;1-2/h2-5,12,14H,6-11,13H2,1H3,(H,23,24)(H,20,21,22);1-2H3. The van der Waals surface area contributed by atoms with E-state index >= 15 is 0 Å². The zero-order chi connectivity index (χ0) is 20.5. The van der Waals surface area contributed by atoms with E-state index in [4.69, 9.17) is 4.74 Å². The van der Waals surface area contributed by atoms with Gasteiger partial charge in [-0.3, -0.25) is 4.90 Å². The number of para-hydroxylation sites is 2. The number of benzene rings is 1. The van der Waals surface area contributed by atoms with Gasteiger partial charge >= 0.3 is 0 Å². The van der Waals surface area contributed by atoms with E-state index < -0.39 is 0 Å². The third kappa shape index (κ3) is 5.65. The van der Waals surface area contributed by atoms with Crippen LogP contribution in [0.15, 0.2) is 36.7 Å². The van der Waals surface area contributed by atoms with Crippen molar-refractivity contribution in [3.8, 4) is 0 Å². The highest BCUT2D eigenvalue weighted by Gasteiger charge is 2.18. The first kappa shape index (κ1) is 21.0. The average molecular weight is 398 g/mol. The minimum absolute atomic E-state index is 0.593. The molecule has 1 aliphatic heterocycles. The molecule has 0 bridgehead atoms. The number of ether oxygens (including phenoxy) is 1. The van der Waals surface area contributed by atoms with Crippen molar-refractivity contribution in [3.63, 3.8) is 0 Å². The number of hydrogen-bond donors (Lipinski definition) is 2. The summed E-state index contributed by atoms with van der Waals surface area (Å²) in [7, 11) is 1.75. The lowest BCUT2D eigenvalue weighted by Gasteiger charge is -2.35. The number of imidazole rings is 1. The van der Waals surface area contributed by atoms with Crippen LogP contribution in [0.25, 0.3) is 11.0 Å². The maximum Gasteiger partial charge on any atom is 0.134 e. The first-order valence-corrected chi connectivity index (χ1v) is 10.3. The molecule has 3 aromatic rings. The number of fused-ring (bicyclic) bond motifs is 1. The SMILES string of the molecule is CC.COCCN1CCN(c2cc(NCc3nc4ccccc4[nH]3)ncn2)CC1. The Morgan fingerprint density at radius 2 is 1.90 bits per heavy atom. The smallest absolute Gasteiger partial charge is 0.134 e. The molecule has 0 radical (unpaired) electrons. The lowest BCUT2D eigenvalue weighted by Crippen LogP contribution is -2.47. The molecule has 0 spiro atoms. The van der Waals surface area contributed by atoms with Crippen LogP contribution in [-0.4, -0.2) is 71.3 Å². The molecule has 1 saturated heterocycles. The lowest BCUT2D eigenvalue weighted by atomic mass is 10.3. The molecule has 1 aliphatic rings. The van der Waals surface area contributed by atoms with Crippen LogP contribution in [0, 0.1) is 0 Å². The molecule has 4 rings (SSSR count). The van der Waals surface area contributed by atoms with E-state index in [9.17, 15) is 0 Å². The summed E-state index contributed by atoms with van der Waals surface area (Å²) in [5.74, 6) is 2.66. The number of H-pyrrole nitrogens is 1. The molecule has 0 aliphatic carbocycles. The average Bonchev–Trinajstić information content (AvgIpc) is 3.21. The minimum atomic E-state index is 0.593. The van der Waals surface area contributed by atoms with Crippen molar-refractivity contribution < 1.29 is 4.74 Å². The Morgan fingerprint density at radius 3 is 2.66 bits per heavy atom. The fourth-order valence-electron chi connectivity index (χ4n) is 3.30. The van der Waals surface area contributed by atoms with Gasteiger partial charge in [-0.05, 0) is 12.1 Å². The predicted octanol–water partition coefficient (Wildman–Crippen LogP) is 2.76. The van der Waals surface area contributed by atoms with E-state index in [1.807, 2.05) is 44.2 Å². The van der Waals surface area contributed by atoms with E-state index in [0.29, 0.717) is 6.54 Å². The molecule has 0 saturated carbocycles. The highest BCUT2D eigenvalue weighted by Crippen LogP contribution is 2.17. The maximum atomic E-state index is 5.16. The van der Waals surface area contributed by atoms with Gasteiger partial charge in [-0.1, -0.05) is 26.0 Å². The Kier molecular flexibility index (Phi) is 7.77. The van der Waals surface area contributed by atoms with E-state index in [0.717, 1.165) is 67.8 Å². The van der Waals surface area contributed by atoms with E-state index in [2.05, 4.69) is 35.1 Å². The summed E-state index contributed by atoms with van der Waals surface area (Å²) < 4.78 is 5.16. The quantitative estimate of drug-likeness (QED) is 0.634. The third-order valence-electron chi connectivity index (χ3n) is 4.84. The predicted molar refractivity (Wildman–Crippen MR) is 117 cm³/mol. The van der Waals surface area contributed by atoms with E-state index in [-0.39, 0.29) is 0 Å². The molecule has 2 N–H and O–H groups in total. The molecule has 8 nitrogen and oxygen atoms in total. The summed E-state index contributed by atoms with van der Waals surface area (Å²) >= 11 is 0. The van der Waals surface area contributed by atoms with Gasteiger partial charge in [-0.15, -0.1) is 0 Å². The summed E-state index contributed by atoms with van der Waals surface area (Å²) in [6.45, 7) is 10.3. The molecule has 1 aromatic carbocycles. The van der Waals surface area contributed by atoms with E-state index in [1.165, 1.54) is 0 Å². The molecule has 8 heteroatoms. The number of rotatable bonds is 7. The molecule has 0 atom stereocenters. The number of piperazine rings is 1. The molecule has 156 valence electrons. The summed E-state index contributed by atoms with van der Waals surface area (Å²) in [4.78, 5) is 21.4. The van der Waals surface area contributed by atoms with Crippen LogP contribution in [0.5, 0.6) is 0 Å². The highest BCUT2D eigenvalue weighted by atomic mass is 16.5. The Morgan fingerprint density at radius 1 is 1.10 bits per heavy atom. The first-order chi connectivity index (χ1) is 14.3. The monoisotopic (exact) mass is 397 g/mol. The van der Waals surface area contributed by atoms with Crippen LogP contribution in [-0.2, 0) is 11.3 Å². The third-order valence-corrected chi connectivity index (χ3v) is 4.84. The van der Waals surface area contributed by atoms with Gasteiger partial charge < -0.3 is 19.9 Å². The number of nitrogens with one attached hydrogen (secondary N) is 2. The van der Waals surface area contributed by atoms with Crippen LogP contribution in [0.3, 0.4) is 0 Å². The lowest BCUT2D eigenvalue weighted by molar-refractivity contribution is 0.144. The summed E-state index contributed by atoms with van der Waals surface area (Å²) in [6.07, 6.45) is 1.62. The van der Waals surface area contributed by atoms with Crippen molar-refractivity contribution in [3.05, 3.63) is 42.5 Å². The zero-order valence-corrected chi connectivity index (χ0v) is 17.6. The number of aromatic nitrogens is 4. The van der Waals surface area contributed by atoms with Crippen molar-refractivity contribution in [1.82, 2.24) is 24.8 Å². The van der Waals surface area contributed by atoms with Crippen molar-refractivity contribution in [1.29, 1.82) is 0 Å². The number of methoxy groups -OCH3 is 1. The van der Waals surface area contributed by atoms with Gasteiger partial charge in [0.15, 0.2) is 0 Å². The number of hydrogen-bond acceptors (Lipinski definition) is 7. The van der Waals surface area contributed by atoms with Crippen molar-refractivity contribution in [2.75, 3.05) is 56.7 Å². The normalized spacial score (nSPS) is 14.5. The Hall–Kier alpha value is -2.71. The molecular weight excluding hydrogens is 366 g/mol. The van der Waals surface area contributed by atoms with Crippen molar-refractivity contribution in [2.45, 2.75) is 20.4 Å². The highest BCUT2D eigenvalue weighted by molar-refractivity contribution is 5.74. The van der Waals surface area contributed by atoms with Gasteiger partial charge in [0.1, 0.15) is 23.8 Å². The van der Waals surface area contributed by atoms with Crippen LogP contribution >= 0.6 is 0 Å². The Balaban J connectivity index is 0.00000117. The summed E-state index contributed by atoms with van der Waals surface area (Å²) in [5.41, 5.74) is 2.02. The molecule has 29 heavy (non-hydrogen) atoms. The Bertz CT molecular complexity index is 841. The van der Waals surface area contributed by atoms with Crippen LogP contribution in [0.4, 0.5) is 11.6 Å². The summed E-state index contributed by atoms with van der Waals surface area (Å²) in [6, 6.07) is 10.0. The second-order valence-corrected chi connectivity index (χ2v) is 6.64. The minimum Gasteiger partial charge on any atom is -0.383 e. The van der Waals surface area contributed by atoms with E-state index in [1.54, 1.807) is 13.4 Å².